The highest BCUT2D eigenvalue weighted by atomic mass is 79.9. The van der Waals surface area contributed by atoms with Crippen molar-refractivity contribution in [2.24, 2.45) is 11.8 Å². The molecule has 0 radical (unpaired) electrons. The van der Waals surface area contributed by atoms with Crippen LogP contribution in [0.2, 0.25) is 0 Å². The van der Waals surface area contributed by atoms with Gasteiger partial charge in [0, 0.05) is 11.4 Å². The molecule has 0 aromatic carbocycles. The minimum atomic E-state index is 0.574. The lowest BCUT2D eigenvalue weighted by Crippen LogP contribution is -2.27. The summed E-state index contributed by atoms with van der Waals surface area (Å²) in [4.78, 5) is 0.753. The lowest BCUT2D eigenvalue weighted by atomic mass is 9.79. The van der Waals surface area contributed by atoms with E-state index in [-0.39, 0.29) is 0 Å². The van der Waals surface area contributed by atoms with Crippen molar-refractivity contribution in [3.63, 3.8) is 0 Å². The van der Waals surface area contributed by atoms with E-state index in [0.29, 0.717) is 6.10 Å². The summed E-state index contributed by atoms with van der Waals surface area (Å²) in [6, 6.07) is 0. The molecule has 4 unspecified atom stereocenters. The highest BCUT2D eigenvalue weighted by molar-refractivity contribution is 9.09. The summed E-state index contributed by atoms with van der Waals surface area (Å²) in [5.41, 5.74) is 0. The van der Waals surface area contributed by atoms with Crippen LogP contribution in [0.15, 0.2) is 0 Å². The molecule has 1 saturated heterocycles. The van der Waals surface area contributed by atoms with Crippen LogP contribution in [-0.4, -0.2) is 17.5 Å². The van der Waals surface area contributed by atoms with E-state index in [9.17, 15) is 0 Å². The fourth-order valence-corrected chi connectivity index (χ4v) is 3.57. The molecule has 1 heterocycles. The molecule has 0 aromatic heterocycles. The molecule has 1 nitrogen and oxygen atoms in total. The normalized spacial score (nSPS) is 44.1. The summed E-state index contributed by atoms with van der Waals surface area (Å²) < 4.78 is 5.72. The molecule has 0 aromatic rings. The van der Waals surface area contributed by atoms with Crippen LogP contribution in [0.25, 0.3) is 0 Å². The van der Waals surface area contributed by atoms with Crippen LogP contribution in [0, 0.1) is 11.8 Å². The quantitative estimate of drug-likeness (QED) is 0.688. The average molecular weight is 261 g/mol. The first-order chi connectivity index (χ1) is 6.75. The second kappa shape index (κ2) is 4.98. The minimum absolute atomic E-state index is 0.574. The molecule has 1 aliphatic carbocycles. The third-order valence-electron chi connectivity index (χ3n) is 3.74. The van der Waals surface area contributed by atoms with Gasteiger partial charge in [-0.3, -0.25) is 0 Å². The summed E-state index contributed by atoms with van der Waals surface area (Å²) in [5.74, 6) is 1.79. The second-order valence-corrected chi connectivity index (χ2v) is 6.24. The predicted molar refractivity (Wildman–Crippen MR) is 62.8 cm³/mol. The SMILES string of the molecule is CC1CCC(Br)C(CC2CCCO2)C1. The van der Waals surface area contributed by atoms with E-state index < -0.39 is 0 Å². The zero-order valence-corrected chi connectivity index (χ0v) is 10.6. The molecule has 0 amide bonds. The Labute approximate surface area is 95.7 Å². The van der Waals surface area contributed by atoms with Crippen LogP contribution in [0.3, 0.4) is 0 Å². The van der Waals surface area contributed by atoms with E-state index in [0.717, 1.165) is 23.3 Å². The maximum absolute atomic E-state index is 5.72. The highest BCUT2D eigenvalue weighted by Gasteiger charge is 2.30. The first kappa shape index (κ1) is 10.9. The van der Waals surface area contributed by atoms with Crippen LogP contribution < -0.4 is 0 Å². The van der Waals surface area contributed by atoms with Crippen molar-refractivity contribution in [1.29, 1.82) is 0 Å². The van der Waals surface area contributed by atoms with Gasteiger partial charge in [0.2, 0.25) is 0 Å². The number of halogens is 1. The molecular formula is C12H21BrO. The van der Waals surface area contributed by atoms with E-state index in [4.69, 9.17) is 4.74 Å². The number of hydrogen-bond donors (Lipinski definition) is 0. The molecule has 0 spiro atoms. The van der Waals surface area contributed by atoms with Gasteiger partial charge in [0.25, 0.3) is 0 Å². The summed E-state index contributed by atoms with van der Waals surface area (Å²) in [6.07, 6.45) is 8.60. The summed E-state index contributed by atoms with van der Waals surface area (Å²) >= 11 is 3.83. The molecule has 1 saturated carbocycles. The Balaban J connectivity index is 1.82. The highest BCUT2D eigenvalue weighted by Crippen LogP contribution is 2.37. The second-order valence-electron chi connectivity index (χ2n) is 5.07. The van der Waals surface area contributed by atoms with E-state index in [2.05, 4.69) is 22.9 Å². The molecule has 2 aliphatic rings. The fraction of sp³-hybridized carbons (Fsp3) is 1.00. The number of hydrogen-bond acceptors (Lipinski definition) is 1. The third kappa shape index (κ3) is 2.73. The van der Waals surface area contributed by atoms with Gasteiger partial charge in [-0.15, -0.1) is 0 Å². The Morgan fingerprint density at radius 3 is 2.86 bits per heavy atom. The standard InChI is InChI=1S/C12H21BrO/c1-9-4-5-12(13)10(7-9)8-11-3-2-6-14-11/h9-12H,2-8H2,1H3. The molecule has 1 aliphatic heterocycles. The van der Waals surface area contributed by atoms with Crippen LogP contribution in [0.5, 0.6) is 0 Å². The smallest absolute Gasteiger partial charge is 0.0579 e. The largest absolute Gasteiger partial charge is 0.378 e. The lowest BCUT2D eigenvalue weighted by molar-refractivity contribution is 0.0806. The van der Waals surface area contributed by atoms with E-state index in [1.54, 1.807) is 0 Å². The molecule has 4 atom stereocenters. The first-order valence-corrected chi connectivity index (χ1v) is 6.93. The summed E-state index contributed by atoms with van der Waals surface area (Å²) in [5, 5.41) is 0. The van der Waals surface area contributed by atoms with Crippen molar-refractivity contribution < 1.29 is 4.74 Å². The zero-order chi connectivity index (χ0) is 9.97. The van der Waals surface area contributed by atoms with Gasteiger partial charge in [-0.2, -0.15) is 0 Å². The number of alkyl halides is 1. The Morgan fingerprint density at radius 1 is 1.29 bits per heavy atom. The molecule has 2 rings (SSSR count). The van der Waals surface area contributed by atoms with Crippen molar-refractivity contribution in [1.82, 2.24) is 0 Å². The van der Waals surface area contributed by atoms with Crippen LogP contribution in [0.1, 0.15) is 45.4 Å². The average Bonchev–Trinajstić information content (AvgIpc) is 2.64. The van der Waals surface area contributed by atoms with Gasteiger partial charge in [-0.25, -0.2) is 0 Å². The molecule has 2 fully saturated rings. The van der Waals surface area contributed by atoms with Crippen molar-refractivity contribution >= 4 is 15.9 Å². The number of rotatable bonds is 2. The van der Waals surface area contributed by atoms with Gasteiger partial charge >= 0.3 is 0 Å². The van der Waals surface area contributed by atoms with Crippen molar-refractivity contribution in [3.8, 4) is 0 Å². The zero-order valence-electron chi connectivity index (χ0n) is 9.05. The van der Waals surface area contributed by atoms with E-state index in [1.807, 2.05) is 0 Å². The minimum Gasteiger partial charge on any atom is -0.378 e. The third-order valence-corrected chi connectivity index (χ3v) is 4.95. The first-order valence-electron chi connectivity index (χ1n) is 6.01. The van der Waals surface area contributed by atoms with Gasteiger partial charge < -0.3 is 4.74 Å². The summed E-state index contributed by atoms with van der Waals surface area (Å²) in [6.45, 7) is 3.39. The molecule has 0 N–H and O–H groups in total. The van der Waals surface area contributed by atoms with Crippen molar-refractivity contribution in [3.05, 3.63) is 0 Å². The van der Waals surface area contributed by atoms with Crippen molar-refractivity contribution in [2.75, 3.05) is 6.61 Å². The molecular weight excluding hydrogens is 240 g/mol. The lowest BCUT2D eigenvalue weighted by Gasteiger charge is -2.32. The maximum atomic E-state index is 5.72. The van der Waals surface area contributed by atoms with Crippen LogP contribution >= 0.6 is 15.9 Å². The molecule has 82 valence electrons. The monoisotopic (exact) mass is 260 g/mol. The Bertz CT molecular complexity index is 177. The van der Waals surface area contributed by atoms with Gasteiger partial charge in [-0.1, -0.05) is 22.9 Å². The molecule has 2 heteroatoms. The van der Waals surface area contributed by atoms with Gasteiger partial charge in [0.1, 0.15) is 0 Å². The van der Waals surface area contributed by atoms with Gasteiger partial charge in [-0.05, 0) is 50.4 Å². The number of ether oxygens (including phenoxy) is 1. The van der Waals surface area contributed by atoms with Crippen LogP contribution in [0.4, 0.5) is 0 Å². The van der Waals surface area contributed by atoms with Gasteiger partial charge in [0.15, 0.2) is 0 Å². The van der Waals surface area contributed by atoms with Crippen molar-refractivity contribution in [2.45, 2.75) is 56.4 Å². The fourth-order valence-electron chi connectivity index (χ4n) is 2.87. The molecule has 14 heavy (non-hydrogen) atoms. The van der Waals surface area contributed by atoms with Gasteiger partial charge in [0.05, 0.1) is 6.10 Å². The predicted octanol–water partition coefficient (Wildman–Crippen LogP) is 3.76. The summed E-state index contributed by atoms with van der Waals surface area (Å²) in [7, 11) is 0. The Kier molecular flexibility index (Phi) is 3.89. The Morgan fingerprint density at radius 2 is 2.14 bits per heavy atom. The van der Waals surface area contributed by atoms with E-state index in [1.165, 1.54) is 38.5 Å². The maximum Gasteiger partial charge on any atom is 0.0579 e. The molecule has 0 bridgehead atoms. The van der Waals surface area contributed by atoms with E-state index >= 15 is 0 Å². The topological polar surface area (TPSA) is 9.23 Å². The van der Waals surface area contributed by atoms with Crippen LogP contribution in [-0.2, 0) is 4.74 Å². The Hall–Kier alpha value is 0.440.